The summed E-state index contributed by atoms with van der Waals surface area (Å²) in [6, 6.07) is 0. The van der Waals surface area contributed by atoms with Crippen LogP contribution in [0.25, 0.3) is 0 Å². The molecule has 1 amide bonds. The standard InChI is InChI=1S/C10H15NO/c1-3-5-6-7-10(4-2)8-11-9-12/h3-4,6-7,9H,1,5,8H2,2H3,(H,11,12)/b7-6-,10-4+. The minimum absolute atomic E-state index is 0.591. The van der Waals surface area contributed by atoms with Crippen LogP contribution in [0.1, 0.15) is 13.3 Å². The summed E-state index contributed by atoms with van der Waals surface area (Å²) in [5.74, 6) is 0. The fourth-order valence-electron chi connectivity index (χ4n) is 0.732. The Balaban J connectivity index is 3.82. The van der Waals surface area contributed by atoms with Crippen molar-refractivity contribution in [2.75, 3.05) is 6.54 Å². The summed E-state index contributed by atoms with van der Waals surface area (Å²) in [6.07, 6.45) is 9.35. The summed E-state index contributed by atoms with van der Waals surface area (Å²) in [6.45, 7) is 6.14. The minimum Gasteiger partial charge on any atom is -0.355 e. The number of allylic oxidation sites excluding steroid dienone is 3. The van der Waals surface area contributed by atoms with Crippen LogP contribution in [0.15, 0.2) is 36.5 Å². The molecular formula is C10H15NO. The highest BCUT2D eigenvalue weighted by molar-refractivity contribution is 5.47. The van der Waals surface area contributed by atoms with Crippen LogP contribution >= 0.6 is 0 Å². The Kier molecular flexibility index (Phi) is 6.94. The van der Waals surface area contributed by atoms with E-state index in [1.807, 2.05) is 31.2 Å². The molecule has 66 valence electrons. The summed E-state index contributed by atoms with van der Waals surface area (Å²) in [5.41, 5.74) is 1.10. The highest BCUT2D eigenvalue weighted by atomic mass is 16.1. The summed E-state index contributed by atoms with van der Waals surface area (Å²) in [5, 5.41) is 2.60. The predicted molar refractivity (Wildman–Crippen MR) is 51.8 cm³/mol. The van der Waals surface area contributed by atoms with Crippen molar-refractivity contribution in [1.29, 1.82) is 0 Å². The van der Waals surface area contributed by atoms with Gasteiger partial charge in [0, 0.05) is 6.54 Å². The van der Waals surface area contributed by atoms with Crippen molar-refractivity contribution in [3.8, 4) is 0 Å². The molecule has 0 unspecified atom stereocenters. The molecule has 0 fully saturated rings. The lowest BCUT2D eigenvalue weighted by Gasteiger charge is -1.98. The summed E-state index contributed by atoms with van der Waals surface area (Å²) >= 11 is 0. The van der Waals surface area contributed by atoms with Gasteiger partial charge in [-0.25, -0.2) is 0 Å². The van der Waals surface area contributed by atoms with Gasteiger partial charge in [0.05, 0.1) is 0 Å². The van der Waals surface area contributed by atoms with Crippen LogP contribution in [0.4, 0.5) is 0 Å². The van der Waals surface area contributed by atoms with Gasteiger partial charge in [-0.3, -0.25) is 4.79 Å². The molecule has 0 aliphatic heterocycles. The highest BCUT2D eigenvalue weighted by Gasteiger charge is 1.86. The summed E-state index contributed by atoms with van der Waals surface area (Å²) < 4.78 is 0. The molecule has 0 rings (SSSR count). The molecule has 0 atom stereocenters. The van der Waals surface area contributed by atoms with E-state index < -0.39 is 0 Å². The van der Waals surface area contributed by atoms with Gasteiger partial charge < -0.3 is 5.32 Å². The molecule has 0 aromatic rings. The highest BCUT2D eigenvalue weighted by Crippen LogP contribution is 1.96. The lowest BCUT2D eigenvalue weighted by atomic mass is 10.2. The van der Waals surface area contributed by atoms with E-state index in [1.54, 1.807) is 0 Å². The van der Waals surface area contributed by atoms with Crippen LogP contribution in [0.3, 0.4) is 0 Å². The Labute approximate surface area is 73.7 Å². The number of hydrogen-bond acceptors (Lipinski definition) is 1. The summed E-state index contributed by atoms with van der Waals surface area (Å²) in [7, 11) is 0. The molecule has 2 heteroatoms. The van der Waals surface area contributed by atoms with Crippen LogP contribution in [0, 0.1) is 0 Å². The van der Waals surface area contributed by atoms with Gasteiger partial charge in [-0.2, -0.15) is 0 Å². The number of carbonyl (C=O) groups excluding carboxylic acids is 1. The van der Waals surface area contributed by atoms with Crippen LogP contribution in [0.5, 0.6) is 0 Å². The molecule has 0 radical (unpaired) electrons. The predicted octanol–water partition coefficient (Wildman–Crippen LogP) is 1.81. The first-order chi connectivity index (χ1) is 5.85. The zero-order chi connectivity index (χ0) is 9.23. The molecule has 0 spiro atoms. The second-order valence-corrected chi connectivity index (χ2v) is 2.29. The molecule has 1 N–H and O–H groups in total. The third kappa shape index (κ3) is 5.47. The van der Waals surface area contributed by atoms with E-state index in [1.165, 1.54) is 0 Å². The fourth-order valence-corrected chi connectivity index (χ4v) is 0.732. The SMILES string of the molecule is C=CC/C=C\C(=C/C)CNC=O. The van der Waals surface area contributed by atoms with Gasteiger partial charge in [0.25, 0.3) is 0 Å². The zero-order valence-corrected chi connectivity index (χ0v) is 7.42. The lowest BCUT2D eigenvalue weighted by molar-refractivity contribution is -0.109. The number of hydrogen-bond donors (Lipinski definition) is 1. The van der Waals surface area contributed by atoms with Gasteiger partial charge in [0.15, 0.2) is 0 Å². The lowest BCUT2D eigenvalue weighted by Crippen LogP contribution is -2.13. The van der Waals surface area contributed by atoms with Crippen molar-refractivity contribution in [3.63, 3.8) is 0 Å². The van der Waals surface area contributed by atoms with Gasteiger partial charge in [0.2, 0.25) is 6.41 Å². The molecule has 0 saturated heterocycles. The maximum absolute atomic E-state index is 9.98. The Hall–Kier alpha value is -1.31. The molecular weight excluding hydrogens is 150 g/mol. The van der Waals surface area contributed by atoms with E-state index in [-0.39, 0.29) is 0 Å². The fraction of sp³-hybridized carbons (Fsp3) is 0.300. The Morgan fingerprint density at radius 2 is 2.33 bits per heavy atom. The van der Waals surface area contributed by atoms with E-state index in [9.17, 15) is 4.79 Å². The molecule has 0 aromatic carbocycles. The third-order valence-electron chi connectivity index (χ3n) is 1.39. The molecule has 0 heterocycles. The van der Waals surface area contributed by atoms with Gasteiger partial charge in [-0.15, -0.1) is 6.58 Å². The quantitative estimate of drug-likeness (QED) is 0.363. The van der Waals surface area contributed by atoms with Crippen LogP contribution < -0.4 is 5.32 Å². The molecule has 0 aliphatic carbocycles. The topological polar surface area (TPSA) is 29.1 Å². The second kappa shape index (κ2) is 7.79. The third-order valence-corrected chi connectivity index (χ3v) is 1.39. The minimum atomic E-state index is 0.591. The van der Waals surface area contributed by atoms with E-state index in [0.717, 1.165) is 12.0 Å². The van der Waals surface area contributed by atoms with Crippen LogP contribution in [0.2, 0.25) is 0 Å². The van der Waals surface area contributed by atoms with Crippen molar-refractivity contribution in [1.82, 2.24) is 5.32 Å². The average Bonchev–Trinajstić information content (AvgIpc) is 2.11. The molecule has 2 nitrogen and oxygen atoms in total. The monoisotopic (exact) mass is 165 g/mol. The number of nitrogens with one attached hydrogen (secondary N) is 1. The van der Waals surface area contributed by atoms with E-state index in [2.05, 4.69) is 11.9 Å². The number of rotatable bonds is 6. The maximum Gasteiger partial charge on any atom is 0.207 e. The first-order valence-corrected chi connectivity index (χ1v) is 3.94. The normalized spacial score (nSPS) is 11.6. The van der Waals surface area contributed by atoms with Crippen molar-refractivity contribution in [3.05, 3.63) is 36.5 Å². The van der Waals surface area contributed by atoms with E-state index >= 15 is 0 Å². The first kappa shape index (κ1) is 10.7. The Morgan fingerprint density at radius 3 is 2.83 bits per heavy atom. The van der Waals surface area contributed by atoms with Crippen LogP contribution in [-0.2, 0) is 4.79 Å². The number of amides is 1. The molecule has 0 bridgehead atoms. The summed E-state index contributed by atoms with van der Waals surface area (Å²) in [4.78, 5) is 9.98. The molecule has 12 heavy (non-hydrogen) atoms. The van der Waals surface area contributed by atoms with E-state index in [4.69, 9.17) is 0 Å². The molecule has 0 saturated carbocycles. The van der Waals surface area contributed by atoms with Crippen molar-refractivity contribution >= 4 is 6.41 Å². The van der Waals surface area contributed by atoms with Gasteiger partial charge in [-0.1, -0.05) is 24.3 Å². The van der Waals surface area contributed by atoms with Crippen molar-refractivity contribution < 1.29 is 4.79 Å². The first-order valence-electron chi connectivity index (χ1n) is 3.94. The number of carbonyl (C=O) groups is 1. The largest absolute Gasteiger partial charge is 0.355 e. The Bertz CT molecular complexity index is 192. The van der Waals surface area contributed by atoms with Gasteiger partial charge in [-0.05, 0) is 18.9 Å². The second-order valence-electron chi connectivity index (χ2n) is 2.29. The zero-order valence-electron chi connectivity index (χ0n) is 7.42. The smallest absolute Gasteiger partial charge is 0.207 e. The van der Waals surface area contributed by atoms with E-state index in [0.29, 0.717) is 13.0 Å². The Morgan fingerprint density at radius 1 is 1.58 bits per heavy atom. The van der Waals surface area contributed by atoms with Crippen molar-refractivity contribution in [2.24, 2.45) is 0 Å². The average molecular weight is 165 g/mol. The van der Waals surface area contributed by atoms with Crippen molar-refractivity contribution in [2.45, 2.75) is 13.3 Å². The molecule has 0 aromatic heterocycles. The van der Waals surface area contributed by atoms with Gasteiger partial charge >= 0.3 is 0 Å². The van der Waals surface area contributed by atoms with Gasteiger partial charge in [0.1, 0.15) is 0 Å². The van der Waals surface area contributed by atoms with Crippen LogP contribution in [-0.4, -0.2) is 13.0 Å². The maximum atomic E-state index is 9.98. The molecule has 0 aliphatic rings.